The van der Waals surface area contributed by atoms with Crippen LogP contribution in [0.5, 0.6) is 0 Å². The fourth-order valence-electron chi connectivity index (χ4n) is 2.12. The Morgan fingerprint density at radius 2 is 2.06 bits per heavy atom. The van der Waals surface area contributed by atoms with E-state index in [2.05, 4.69) is 31.1 Å². The van der Waals surface area contributed by atoms with E-state index in [9.17, 15) is 4.79 Å². The standard InChI is InChI=1S/C12H20N4O/c1-7(2)8(3)16-11(9-5-4-6-9)10(12(13)17)14-15-16/h7-9H,4-6H2,1-3H3,(H2,13,17). The Bertz CT molecular complexity index is 420. The molecule has 0 spiro atoms. The average Bonchev–Trinajstić information content (AvgIpc) is 2.58. The summed E-state index contributed by atoms with van der Waals surface area (Å²) in [6.07, 6.45) is 3.43. The summed E-state index contributed by atoms with van der Waals surface area (Å²) in [6, 6.07) is 0.242. The van der Waals surface area contributed by atoms with Gasteiger partial charge in [0.05, 0.1) is 11.7 Å². The van der Waals surface area contributed by atoms with Gasteiger partial charge >= 0.3 is 0 Å². The number of carbonyl (C=O) groups excluding carboxylic acids is 1. The van der Waals surface area contributed by atoms with Crippen molar-refractivity contribution in [2.24, 2.45) is 11.7 Å². The second kappa shape index (κ2) is 4.47. The molecule has 1 fully saturated rings. The maximum atomic E-state index is 11.4. The molecule has 1 atom stereocenters. The topological polar surface area (TPSA) is 73.8 Å². The quantitative estimate of drug-likeness (QED) is 0.867. The first-order chi connectivity index (χ1) is 8.02. The minimum atomic E-state index is -0.464. The lowest BCUT2D eigenvalue weighted by atomic mass is 9.81. The predicted octanol–water partition coefficient (Wildman–Crippen LogP) is 1.86. The Balaban J connectivity index is 2.41. The molecule has 1 aliphatic carbocycles. The minimum Gasteiger partial charge on any atom is -0.364 e. The Morgan fingerprint density at radius 1 is 1.41 bits per heavy atom. The van der Waals surface area contributed by atoms with Crippen LogP contribution in [-0.2, 0) is 0 Å². The van der Waals surface area contributed by atoms with Crippen molar-refractivity contribution in [3.63, 3.8) is 0 Å². The first-order valence-electron chi connectivity index (χ1n) is 6.27. The highest BCUT2D eigenvalue weighted by Crippen LogP contribution is 2.38. The van der Waals surface area contributed by atoms with Gasteiger partial charge in [0.2, 0.25) is 0 Å². The zero-order valence-corrected chi connectivity index (χ0v) is 10.7. The van der Waals surface area contributed by atoms with Gasteiger partial charge in [0.1, 0.15) is 0 Å². The summed E-state index contributed by atoms with van der Waals surface area (Å²) in [6.45, 7) is 6.38. The van der Waals surface area contributed by atoms with Gasteiger partial charge in [-0.1, -0.05) is 25.5 Å². The third-order valence-electron chi connectivity index (χ3n) is 3.81. The van der Waals surface area contributed by atoms with Crippen LogP contribution in [0, 0.1) is 5.92 Å². The molecule has 0 aromatic carbocycles. The van der Waals surface area contributed by atoms with E-state index in [-0.39, 0.29) is 6.04 Å². The van der Waals surface area contributed by atoms with Gasteiger partial charge in [-0.25, -0.2) is 4.68 Å². The molecule has 1 unspecified atom stereocenters. The number of rotatable bonds is 4. The zero-order valence-electron chi connectivity index (χ0n) is 10.7. The average molecular weight is 236 g/mol. The number of hydrogen-bond donors (Lipinski definition) is 1. The first-order valence-corrected chi connectivity index (χ1v) is 6.27. The zero-order chi connectivity index (χ0) is 12.6. The second-order valence-electron chi connectivity index (χ2n) is 5.24. The highest BCUT2D eigenvalue weighted by Gasteiger charge is 2.31. The van der Waals surface area contributed by atoms with E-state index in [0.717, 1.165) is 18.5 Å². The molecule has 1 amide bonds. The van der Waals surface area contributed by atoms with Crippen molar-refractivity contribution in [2.75, 3.05) is 0 Å². The normalized spacial score (nSPS) is 18.1. The molecule has 2 rings (SSSR count). The molecule has 1 aliphatic rings. The molecular weight excluding hydrogens is 216 g/mol. The summed E-state index contributed by atoms with van der Waals surface area (Å²) in [7, 11) is 0. The van der Waals surface area contributed by atoms with Crippen LogP contribution < -0.4 is 5.73 Å². The number of primary amides is 1. The van der Waals surface area contributed by atoms with E-state index in [1.165, 1.54) is 6.42 Å². The molecule has 1 aromatic heterocycles. The van der Waals surface area contributed by atoms with E-state index < -0.39 is 5.91 Å². The van der Waals surface area contributed by atoms with Crippen molar-refractivity contribution < 1.29 is 4.79 Å². The molecule has 2 N–H and O–H groups in total. The number of nitrogens with two attached hydrogens (primary N) is 1. The molecule has 0 aliphatic heterocycles. The smallest absolute Gasteiger partial charge is 0.271 e. The van der Waals surface area contributed by atoms with Crippen LogP contribution in [-0.4, -0.2) is 20.9 Å². The third-order valence-corrected chi connectivity index (χ3v) is 3.81. The highest BCUT2D eigenvalue weighted by atomic mass is 16.1. The monoisotopic (exact) mass is 236 g/mol. The van der Waals surface area contributed by atoms with Crippen LogP contribution in [0.4, 0.5) is 0 Å². The van der Waals surface area contributed by atoms with Gasteiger partial charge in [-0.3, -0.25) is 4.79 Å². The molecule has 1 saturated carbocycles. The lowest BCUT2D eigenvalue weighted by molar-refractivity contribution is 0.0993. The van der Waals surface area contributed by atoms with Crippen molar-refractivity contribution in [3.8, 4) is 0 Å². The van der Waals surface area contributed by atoms with Crippen LogP contribution in [0.2, 0.25) is 0 Å². The van der Waals surface area contributed by atoms with Crippen molar-refractivity contribution in [1.82, 2.24) is 15.0 Å². The summed E-state index contributed by atoms with van der Waals surface area (Å²) < 4.78 is 1.90. The van der Waals surface area contributed by atoms with Gasteiger partial charge in [-0.2, -0.15) is 0 Å². The van der Waals surface area contributed by atoms with Crippen LogP contribution in [0.15, 0.2) is 0 Å². The Morgan fingerprint density at radius 3 is 2.47 bits per heavy atom. The van der Waals surface area contributed by atoms with Crippen molar-refractivity contribution >= 4 is 5.91 Å². The predicted molar refractivity (Wildman–Crippen MR) is 64.7 cm³/mol. The number of aromatic nitrogens is 3. The first kappa shape index (κ1) is 12.1. The van der Waals surface area contributed by atoms with E-state index in [4.69, 9.17) is 5.73 Å². The van der Waals surface area contributed by atoms with Gasteiger partial charge in [0.15, 0.2) is 5.69 Å². The molecule has 94 valence electrons. The number of hydrogen-bond acceptors (Lipinski definition) is 3. The van der Waals surface area contributed by atoms with Crippen LogP contribution in [0.25, 0.3) is 0 Å². The van der Waals surface area contributed by atoms with Gasteiger partial charge in [-0.05, 0) is 25.7 Å². The van der Waals surface area contributed by atoms with E-state index in [0.29, 0.717) is 17.5 Å². The summed E-state index contributed by atoms with van der Waals surface area (Å²) in [4.78, 5) is 11.4. The van der Waals surface area contributed by atoms with Crippen LogP contribution >= 0.6 is 0 Å². The van der Waals surface area contributed by atoms with E-state index >= 15 is 0 Å². The number of carbonyl (C=O) groups is 1. The fourth-order valence-corrected chi connectivity index (χ4v) is 2.12. The SMILES string of the molecule is CC(C)C(C)n1nnc(C(N)=O)c1C1CCC1. The Hall–Kier alpha value is -1.39. The molecule has 17 heavy (non-hydrogen) atoms. The summed E-state index contributed by atoms with van der Waals surface area (Å²) in [5, 5.41) is 8.09. The van der Waals surface area contributed by atoms with Crippen molar-refractivity contribution in [1.29, 1.82) is 0 Å². The third kappa shape index (κ3) is 2.06. The molecule has 5 nitrogen and oxygen atoms in total. The Kier molecular flexibility index (Phi) is 3.17. The maximum Gasteiger partial charge on any atom is 0.271 e. The van der Waals surface area contributed by atoms with Crippen molar-refractivity contribution in [2.45, 2.75) is 52.0 Å². The molecule has 0 saturated heterocycles. The van der Waals surface area contributed by atoms with Crippen LogP contribution in [0.1, 0.15) is 68.2 Å². The molecule has 1 heterocycles. The van der Waals surface area contributed by atoms with E-state index in [1.807, 2.05) is 4.68 Å². The largest absolute Gasteiger partial charge is 0.364 e. The number of amides is 1. The molecule has 0 radical (unpaired) electrons. The lowest BCUT2D eigenvalue weighted by Crippen LogP contribution is -2.24. The van der Waals surface area contributed by atoms with Gasteiger partial charge in [-0.15, -0.1) is 5.10 Å². The van der Waals surface area contributed by atoms with Crippen molar-refractivity contribution in [3.05, 3.63) is 11.4 Å². The maximum absolute atomic E-state index is 11.4. The summed E-state index contributed by atoms with van der Waals surface area (Å²) >= 11 is 0. The van der Waals surface area contributed by atoms with Gasteiger partial charge in [0.25, 0.3) is 5.91 Å². The molecular formula is C12H20N4O. The van der Waals surface area contributed by atoms with Crippen LogP contribution in [0.3, 0.4) is 0 Å². The van der Waals surface area contributed by atoms with Gasteiger partial charge in [0, 0.05) is 5.92 Å². The highest BCUT2D eigenvalue weighted by molar-refractivity contribution is 5.92. The number of nitrogens with zero attached hydrogens (tertiary/aromatic N) is 3. The van der Waals surface area contributed by atoms with Gasteiger partial charge < -0.3 is 5.73 Å². The second-order valence-corrected chi connectivity index (χ2v) is 5.24. The minimum absolute atomic E-state index is 0.242. The lowest BCUT2D eigenvalue weighted by Gasteiger charge is -2.28. The molecule has 1 aromatic rings. The summed E-state index contributed by atoms with van der Waals surface area (Å²) in [5.74, 6) is 0.402. The molecule has 5 heteroatoms. The molecule has 0 bridgehead atoms. The summed E-state index contributed by atoms with van der Waals surface area (Å²) in [5.41, 5.74) is 6.68. The fraction of sp³-hybridized carbons (Fsp3) is 0.750. The Labute approximate surface area is 101 Å². The van der Waals surface area contributed by atoms with E-state index in [1.54, 1.807) is 0 Å².